The molecule has 0 aliphatic carbocycles. The molecule has 1 amide bonds. The van der Waals surface area contributed by atoms with Crippen molar-refractivity contribution in [1.29, 1.82) is 0 Å². The molecule has 1 aromatic carbocycles. The minimum atomic E-state index is -0.506. The molecule has 0 saturated heterocycles. The van der Waals surface area contributed by atoms with Crippen molar-refractivity contribution in [3.05, 3.63) is 18.2 Å². The average molecular weight is 298 g/mol. The van der Waals surface area contributed by atoms with Crippen LogP contribution in [0.5, 0.6) is 0 Å². The fraction of sp³-hybridized carbons (Fsp3) is 0.364. The van der Waals surface area contributed by atoms with Gasteiger partial charge in [-0.1, -0.05) is 0 Å². The van der Waals surface area contributed by atoms with Gasteiger partial charge in [-0.3, -0.25) is 0 Å². The van der Waals surface area contributed by atoms with Gasteiger partial charge in [0.2, 0.25) is 0 Å². The van der Waals surface area contributed by atoms with E-state index < -0.39 is 11.7 Å². The van der Waals surface area contributed by atoms with Crippen molar-refractivity contribution in [2.24, 2.45) is 0 Å². The zero-order valence-corrected chi connectivity index (χ0v) is 11.6. The number of benzene rings is 1. The van der Waals surface area contributed by atoms with E-state index in [4.69, 9.17) is 4.74 Å². The first-order valence-electron chi connectivity index (χ1n) is 5.17. The van der Waals surface area contributed by atoms with E-state index in [1.165, 1.54) is 0 Å². The summed E-state index contributed by atoms with van der Waals surface area (Å²) in [5.41, 5.74) is 1.73. The normalized spacial score (nSPS) is 11.5. The molecule has 0 atom stereocenters. The zero-order chi connectivity index (χ0) is 12.5. The van der Waals surface area contributed by atoms with Gasteiger partial charge in [-0.05, 0) is 0 Å². The summed E-state index contributed by atoms with van der Waals surface area (Å²) >= 11 is -0.103. The Kier molecular flexibility index (Phi) is 3.17. The number of aromatic nitrogens is 2. The van der Waals surface area contributed by atoms with Gasteiger partial charge in [-0.25, -0.2) is 0 Å². The molecule has 6 heteroatoms. The van der Waals surface area contributed by atoms with Crippen LogP contribution < -0.4 is 5.32 Å². The number of nitrogens with zero attached hydrogens (tertiary/aromatic N) is 2. The van der Waals surface area contributed by atoms with Gasteiger partial charge in [-0.15, -0.1) is 0 Å². The summed E-state index contributed by atoms with van der Waals surface area (Å²) in [6.07, 6.45) is -0.472. The van der Waals surface area contributed by atoms with Crippen LogP contribution in [0.1, 0.15) is 20.8 Å². The van der Waals surface area contributed by atoms with E-state index in [9.17, 15) is 4.79 Å². The SMILES string of the molecule is CC(C)(C)OC(=O)Nc1cccc2n[se]nc12. The zero-order valence-electron chi connectivity index (χ0n) is 9.85. The van der Waals surface area contributed by atoms with Gasteiger partial charge in [0.05, 0.1) is 0 Å². The molecule has 5 nitrogen and oxygen atoms in total. The van der Waals surface area contributed by atoms with Crippen molar-refractivity contribution < 1.29 is 9.53 Å². The number of hydrogen-bond donors (Lipinski definition) is 1. The number of hydrogen-bond acceptors (Lipinski definition) is 4. The van der Waals surface area contributed by atoms with Crippen LogP contribution in [-0.2, 0) is 4.74 Å². The second kappa shape index (κ2) is 4.47. The van der Waals surface area contributed by atoms with E-state index in [-0.39, 0.29) is 15.0 Å². The topological polar surface area (TPSA) is 64.1 Å². The predicted molar refractivity (Wildman–Crippen MR) is 66.3 cm³/mol. The number of ether oxygens (including phenoxy) is 1. The predicted octanol–water partition coefficient (Wildman–Crippen LogP) is 2.03. The molecule has 2 rings (SSSR count). The first-order chi connectivity index (χ1) is 7.96. The maximum absolute atomic E-state index is 11.6. The summed E-state index contributed by atoms with van der Waals surface area (Å²) in [5.74, 6) is 0. The molecule has 0 aliphatic heterocycles. The van der Waals surface area contributed by atoms with Crippen LogP contribution >= 0.6 is 0 Å². The van der Waals surface area contributed by atoms with Crippen molar-refractivity contribution >= 4 is 37.8 Å². The molecular formula is C11H13N3O2Se. The van der Waals surface area contributed by atoms with E-state index in [0.29, 0.717) is 5.69 Å². The number of fused-ring (bicyclic) bond motifs is 1. The Morgan fingerprint density at radius 3 is 2.82 bits per heavy atom. The molecule has 1 N–H and O–H groups in total. The molecule has 0 radical (unpaired) electrons. The van der Waals surface area contributed by atoms with Crippen molar-refractivity contribution in [1.82, 2.24) is 7.96 Å². The number of nitrogens with one attached hydrogen (secondary N) is 1. The molecule has 2 aromatic rings. The Labute approximate surface area is 105 Å². The van der Waals surface area contributed by atoms with Crippen molar-refractivity contribution in [2.75, 3.05) is 5.32 Å². The molecule has 0 unspecified atom stereocenters. The monoisotopic (exact) mass is 299 g/mol. The minimum absolute atomic E-state index is 0.103. The van der Waals surface area contributed by atoms with E-state index in [1.807, 2.05) is 32.9 Å². The molecule has 0 spiro atoms. The van der Waals surface area contributed by atoms with Gasteiger partial charge in [-0.2, -0.15) is 0 Å². The first-order valence-corrected chi connectivity index (χ1v) is 6.70. The van der Waals surface area contributed by atoms with Crippen LogP contribution in [0, 0.1) is 0 Å². The molecule has 1 heterocycles. The van der Waals surface area contributed by atoms with Crippen LogP contribution in [-0.4, -0.2) is 34.6 Å². The summed E-state index contributed by atoms with van der Waals surface area (Å²) < 4.78 is 13.7. The van der Waals surface area contributed by atoms with Crippen molar-refractivity contribution in [3.63, 3.8) is 0 Å². The summed E-state index contributed by atoms with van der Waals surface area (Å²) in [7, 11) is 0. The van der Waals surface area contributed by atoms with Crippen molar-refractivity contribution in [3.8, 4) is 0 Å². The molecule has 90 valence electrons. The third-order valence-electron chi connectivity index (χ3n) is 1.92. The number of carbonyl (C=O) groups is 1. The Morgan fingerprint density at radius 2 is 2.12 bits per heavy atom. The van der Waals surface area contributed by atoms with Gasteiger partial charge in [0.15, 0.2) is 0 Å². The number of amides is 1. The number of rotatable bonds is 1. The Hall–Kier alpha value is -1.39. The molecule has 0 aliphatic rings. The van der Waals surface area contributed by atoms with Crippen LogP contribution in [0.3, 0.4) is 0 Å². The van der Waals surface area contributed by atoms with Crippen LogP contribution in [0.4, 0.5) is 10.5 Å². The van der Waals surface area contributed by atoms with E-state index in [1.54, 1.807) is 6.07 Å². The fourth-order valence-corrected chi connectivity index (χ4v) is 2.47. The third-order valence-corrected chi connectivity index (χ3v) is 3.06. The van der Waals surface area contributed by atoms with Crippen LogP contribution in [0.15, 0.2) is 18.2 Å². The number of anilines is 1. The van der Waals surface area contributed by atoms with E-state index >= 15 is 0 Å². The Balaban J connectivity index is 2.18. The quantitative estimate of drug-likeness (QED) is 0.818. The van der Waals surface area contributed by atoms with E-state index in [0.717, 1.165) is 11.0 Å². The summed E-state index contributed by atoms with van der Waals surface area (Å²) in [5, 5.41) is 2.69. The van der Waals surface area contributed by atoms with Gasteiger partial charge in [0.1, 0.15) is 0 Å². The maximum atomic E-state index is 11.6. The molecule has 17 heavy (non-hydrogen) atoms. The van der Waals surface area contributed by atoms with Gasteiger partial charge < -0.3 is 0 Å². The number of carbonyl (C=O) groups excluding carboxylic acids is 1. The Bertz CT molecular complexity index is 545. The van der Waals surface area contributed by atoms with Crippen LogP contribution in [0.2, 0.25) is 0 Å². The molecule has 0 fully saturated rings. The third kappa shape index (κ3) is 3.05. The fourth-order valence-electron chi connectivity index (χ4n) is 1.32. The second-order valence-electron chi connectivity index (χ2n) is 4.56. The second-order valence-corrected chi connectivity index (χ2v) is 5.67. The van der Waals surface area contributed by atoms with Gasteiger partial charge >= 0.3 is 105 Å². The van der Waals surface area contributed by atoms with E-state index in [2.05, 4.69) is 13.3 Å². The molecule has 1 aromatic heterocycles. The Morgan fingerprint density at radius 1 is 1.35 bits per heavy atom. The standard InChI is InChI=1S/C11H13N3O2Se/c1-11(2,3)16-10(15)12-7-5-4-6-8-9(7)14-17-13-8/h4-6H,1-3H3,(H,12,15). The summed E-state index contributed by atoms with van der Waals surface area (Å²) in [6.45, 7) is 5.47. The summed E-state index contributed by atoms with van der Waals surface area (Å²) in [4.78, 5) is 11.6. The molecule has 0 saturated carbocycles. The van der Waals surface area contributed by atoms with Gasteiger partial charge in [0.25, 0.3) is 0 Å². The van der Waals surface area contributed by atoms with Crippen molar-refractivity contribution in [2.45, 2.75) is 26.4 Å². The summed E-state index contributed by atoms with van der Waals surface area (Å²) in [6, 6.07) is 5.52. The van der Waals surface area contributed by atoms with Crippen LogP contribution in [0.25, 0.3) is 11.0 Å². The molecule has 0 bridgehead atoms. The van der Waals surface area contributed by atoms with Gasteiger partial charge in [0, 0.05) is 0 Å². The average Bonchev–Trinajstić information content (AvgIpc) is 2.63. The first kappa shape index (κ1) is 12.1. The molecular weight excluding hydrogens is 285 g/mol.